The lowest BCUT2D eigenvalue weighted by Crippen LogP contribution is -2.40. The van der Waals surface area contributed by atoms with Crippen molar-refractivity contribution >= 4 is 17.5 Å². The highest BCUT2D eigenvalue weighted by Crippen LogP contribution is 2.30. The number of anilines is 1. The van der Waals surface area contributed by atoms with Gasteiger partial charge >= 0.3 is 0 Å². The summed E-state index contributed by atoms with van der Waals surface area (Å²) in [4.78, 5) is 28.0. The topological polar surface area (TPSA) is 80.3 Å². The number of carbonyl (C=O) groups excluding carboxylic acids is 2. The van der Waals surface area contributed by atoms with Gasteiger partial charge in [-0.25, -0.2) is 0 Å². The van der Waals surface area contributed by atoms with Crippen LogP contribution in [-0.2, 0) is 16.1 Å². The van der Waals surface area contributed by atoms with Crippen LogP contribution in [0.4, 0.5) is 5.69 Å². The van der Waals surface area contributed by atoms with Crippen molar-refractivity contribution in [2.45, 2.75) is 26.0 Å². The Labute approximate surface area is 133 Å². The summed E-state index contributed by atoms with van der Waals surface area (Å²) in [5.74, 6) is 0.0319. The summed E-state index contributed by atoms with van der Waals surface area (Å²) in [7, 11) is 0. The molecule has 23 heavy (non-hydrogen) atoms. The maximum absolute atomic E-state index is 12.1. The zero-order chi connectivity index (χ0) is 16.2. The van der Waals surface area contributed by atoms with Crippen LogP contribution in [0.1, 0.15) is 17.5 Å². The molecule has 0 saturated heterocycles. The molecule has 0 saturated carbocycles. The van der Waals surface area contributed by atoms with E-state index in [1.807, 2.05) is 25.1 Å². The van der Waals surface area contributed by atoms with Crippen LogP contribution < -0.4 is 15.4 Å². The van der Waals surface area contributed by atoms with Crippen molar-refractivity contribution in [2.24, 2.45) is 0 Å². The summed E-state index contributed by atoms with van der Waals surface area (Å²) in [6, 6.07) is 9.21. The number of nitrogens with one attached hydrogen (secondary N) is 2. The average molecular weight is 311 g/mol. The van der Waals surface area contributed by atoms with Crippen LogP contribution in [0.3, 0.4) is 0 Å². The number of pyridine rings is 1. The quantitative estimate of drug-likeness (QED) is 0.902. The number of amides is 2. The number of rotatable bonds is 4. The van der Waals surface area contributed by atoms with E-state index in [9.17, 15) is 9.59 Å². The monoisotopic (exact) mass is 311 g/mol. The van der Waals surface area contributed by atoms with Gasteiger partial charge in [0, 0.05) is 18.9 Å². The molecule has 1 aliphatic rings. The first-order valence-corrected chi connectivity index (χ1v) is 7.35. The molecule has 0 bridgehead atoms. The largest absolute Gasteiger partial charge is 0.478 e. The first kappa shape index (κ1) is 15.0. The normalized spacial score (nSPS) is 16.0. The van der Waals surface area contributed by atoms with Crippen LogP contribution in [0.15, 0.2) is 42.7 Å². The SMILES string of the molecule is Cc1ccc2c(c1)NC(=O)[C@H](CC(=O)NCc1cccnc1)O2. The number of nitrogens with zero attached hydrogens (tertiary/aromatic N) is 1. The van der Waals surface area contributed by atoms with Gasteiger partial charge in [-0.3, -0.25) is 14.6 Å². The van der Waals surface area contributed by atoms with E-state index in [0.717, 1.165) is 11.1 Å². The molecule has 1 aromatic heterocycles. The minimum absolute atomic E-state index is 0.0284. The zero-order valence-corrected chi connectivity index (χ0v) is 12.7. The molecule has 1 aromatic carbocycles. The van der Waals surface area contributed by atoms with Crippen molar-refractivity contribution < 1.29 is 14.3 Å². The third-order valence-electron chi connectivity index (χ3n) is 3.54. The van der Waals surface area contributed by atoms with E-state index in [2.05, 4.69) is 15.6 Å². The van der Waals surface area contributed by atoms with Crippen LogP contribution in [0.25, 0.3) is 0 Å². The third kappa shape index (κ3) is 3.66. The molecular formula is C17H17N3O3. The van der Waals surface area contributed by atoms with E-state index in [1.165, 1.54) is 0 Å². The van der Waals surface area contributed by atoms with Crippen LogP contribution in [-0.4, -0.2) is 22.9 Å². The van der Waals surface area contributed by atoms with Gasteiger partial charge in [0.15, 0.2) is 6.10 Å². The fourth-order valence-electron chi connectivity index (χ4n) is 2.34. The summed E-state index contributed by atoms with van der Waals surface area (Å²) in [5, 5.41) is 5.54. The predicted molar refractivity (Wildman–Crippen MR) is 84.9 cm³/mol. The first-order valence-electron chi connectivity index (χ1n) is 7.35. The van der Waals surface area contributed by atoms with Crippen molar-refractivity contribution in [1.29, 1.82) is 0 Å². The van der Waals surface area contributed by atoms with Crippen molar-refractivity contribution in [2.75, 3.05) is 5.32 Å². The Morgan fingerprint density at radius 3 is 3.04 bits per heavy atom. The Morgan fingerprint density at radius 2 is 2.26 bits per heavy atom. The minimum atomic E-state index is -0.820. The molecule has 6 nitrogen and oxygen atoms in total. The van der Waals surface area contributed by atoms with Gasteiger partial charge in [-0.1, -0.05) is 12.1 Å². The van der Waals surface area contributed by atoms with Crippen LogP contribution >= 0.6 is 0 Å². The number of aromatic nitrogens is 1. The fourth-order valence-corrected chi connectivity index (χ4v) is 2.34. The first-order chi connectivity index (χ1) is 11.1. The molecule has 118 valence electrons. The van der Waals surface area contributed by atoms with E-state index in [4.69, 9.17) is 4.74 Å². The Hall–Kier alpha value is -2.89. The van der Waals surface area contributed by atoms with Gasteiger partial charge in [-0.05, 0) is 36.2 Å². The second-order valence-electron chi connectivity index (χ2n) is 5.44. The van der Waals surface area contributed by atoms with Gasteiger partial charge in [0.25, 0.3) is 5.91 Å². The van der Waals surface area contributed by atoms with Crippen LogP contribution in [0.5, 0.6) is 5.75 Å². The Kier molecular flexibility index (Phi) is 4.23. The number of ether oxygens (including phenoxy) is 1. The van der Waals surface area contributed by atoms with Crippen molar-refractivity contribution in [3.05, 3.63) is 53.9 Å². The number of hydrogen-bond acceptors (Lipinski definition) is 4. The molecule has 3 rings (SSSR count). The Balaban J connectivity index is 1.58. The van der Waals surface area contributed by atoms with Crippen LogP contribution in [0.2, 0.25) is 0 Å². The average Bonchev–Trinajstić information content (AvgIpc) is 2.55. The van der Waals surface area contributed by atoms with E-state index in [1.54, 1.807) is 24.5 Å². The minimum Gasteiger partial charge on any atom is -0.478 e. The number of hydrogen-bond donors (Lipinski definition) is 2. The summed E-state index contributed by atoms with van der Waals surface area (Å²) < 4.78 is 5.64. The van der Waals surface area contributed by atoms with Gasteiger partial charge in [0.05, 0.1) is 12.1 Å². The molecule has 2 amide bonds. The summed E-state index contributed by atoms with van der Waals surface area (Å²) in [6.07, 6.45) is 2.51. The zero-order valence-electron chi connectivity index (χ0n) is 12.7. The molecule has 1 atom stereocenters. The highest BCUT2D eigenvalue weighted by molar-refractivity contribution is 6.00. The lowest BCUT2D eigenvalue weighted by molar-refractivity contribution is -0.130. The third-order valence-corrected chi connectivity index (χ3v) is 3.54. The molecular weight excluding hydrogens is 294 g/mol. The van der Waals surface area contributed by atoms with E-state index < -0.39 is 6.10 Å². The molecule has 2 aromatic rings. The maximum atomic E-state index is 12.1. The van der Waals surface area contributed by atoms with Crippen molar-refractivity contribution in [3.8, 4) is 5.75 Å². The van der Waals surface area contributed by atoms with Crippen molar-refractivity contribution in [3.63, 3.8) is 0 Å². The van der Waals surface area contributed by atoms with Gasteiger partial charge in [0.2, 0.25) is 5.91 Å². The molecule has 0 fully saturated rings. The van der Waals surface area contributed by atoms with Gasteiger partial charge in [-0.15, -0.1) is 0 Å². The number of benzene rings is 1. The standard InChI is InChI=1S/C17H17N3O3/c1-11-4-5-14-13(7-11)20-17(22)15(23-14)8-16(21)19-10-12-3-2-6-18-9-12/h2-7,9,15H,8,10H2,1H3,(H,19,21)(H,20,22)/t15-/m0/s1. The smallest absolute Gasteiger partial charge is 0.266 e. The molecule has 1 aliphatic heterocycles. The van der Waals surface area contributed by atoms with Crippen molar-refractivity contribution in [1.82, 2.24) is 10.3 Å². The molecule has 0 unspecified atom stereocenters. The maximum Gasteiger partial charge on any atom is 0.266 e. The van der Waals surface area contributed by atoms with Crippen LogP contribution in [0, 0.1) is 6.92 Å². The van der Waals surface area contributed by atoms with Gasteiger partial charge in [-0.2, -0.15) is 0 Å². The summed E-state index contributed by atoms with van der Waals surface area (Å²) >= 11 is 0. The second-order valence-corrected chi connectivity index (χ2v) is 5.44. The molecule has 2 heterocycles. The highest BCUT2D eigenvalue weighted by atomic mass is 16.5. The molecule has 2 N–H and O–H groups in total. The van der Waals surface area contributed by atoms with E-state index in [-0.39, 0.29) is 18.2 Å². The highest BCUT2D eigenvalue weighted by Gasteiger charge is 2.29. The van der Waals surface area contributed by atoms with Gasteiger partial charge in [0.1, 0.15) is 5.75 Å². The molecule has 0 radical (unpaired) electrons. The van der Waals surface area contributed by atoms with E-state index in [0.29, 0.717) is 18.0 Å². The fraction of sp³-hybridized carbons (Fsp3) is 0.235. The molecule has 0 aliphatic carbocycles. The number of aryl methyl sites for hydroxylation is 1. The lowest BCUT2D eigenvalue weighted by atomic mass is 10.1. The Bertz CT molecular complexity index is 731. The lowest BCUT2D eigenvalue weighted by Gasteiger charge is -2.25. The molecule has 0 spiro atoms. The number of carbonyl (C=O) groups is 2. The number of fused-ring (bicyclic) bond motifs is 1. The van der Waals surface area contributed by atoms with Gasteiger partial charge < -0.3 is 15.4 Å². The summed E-state index contributed by atoms with van der Waals surface area (Å²) in [6.45, 7) is 2.31. The van der Waals surface area contributed by atoms with E-state index >= 15 is 0 Å². The predicted octanol–water partition coefficient (Wildman–Crippen LogP) is 1.80. The molecule has 6 heteroatoms. The second kappa shape index (κ2) is 6.48. The Morgan fingerprint density at radius 1 is 1.39 bits per heavy atom. The summed E-state index contributed by atoms with van der Waals surface area (Å²) in [5.41, 5.74) is 2.57.